The van der Waals surface area contributed by atoms with Crippen molar-refractivity contribution in [1.82, 2.24) is 0 Å². The number of anilines is 2. The highest BCUT2D eigenvalue weighted by molar-refractivity contribution is 7.92. The summed E-state index contributed by atoms with van der Waals surface area (Å²) in [7, 11) is -3.96. The van der Waals surface area contributed by atoms with Crippen LogP contribution in [-0.4, -0.2) is 39.2 Å². The number of ether oxygens (including phenoxy) is 1. The van der Waals surface area contributed by atoms with Crippen molar-refractivity contribution in [2.75, 3.05) is 22.5 Å². The molecule has 0 saturated carbocycles. The second-order valence-electron chi connectivity index (χ2n) is 6.22. The van der Waals surface area contributed by atoms with E-state index >= 15 is 0 Å². The molecule has 9 heteroatoms. The quantitative estimate of drug-likeness (QED) is 0.660. The number of rotatable bonds is 8. The second-order valence-corrected chi connectivity index (χ2v) is 8.08. The van der Waals surface area contributed by atoms with Gasteiger partial charge in [-0.3, -0.25) is 9.10 Å². The molecule has 0 saturated heterocycles. The monoisotopic (exact) mass is 422 g/mol. The van der Waals surface area contributed by atoms with E-state index in [1.165, 1.54) is 30.3 Å². The molecule has 0 bridgehead atoms. The van der Waals surface area contributed by atoms with Crippen LogP contribution in [-0.2, 0) is 19.6 Å². The molecule has 1 N–H and O–H groups in total. The summed E-state index contributed by atoms with van der Waals surface area (Å²) in [5, 5.41) is 2.60. The van der Waals surface area contributed by atoms with Crippen molar-refractivity contribution in [1.29, 1.82) is 0 Å². The normalized spacial score (nSPS) is 12.1. The smallest absolute Gasteiger partial charge is 0.338 e. The minimum absolute atomic E-state index is 0.102. The Balaban J connectivity index is 2.35. The number of carbonyl (C=O) groups is 2. The molecule has 0 aliphatic carbocycles. The Morgan fingerprint density at radius 2 is 1.83 bits per heavy atom. The highest BCUT2D eigenvalue weighted by atomic mass is 32.2. The van der Waals surface area contributed by atoms with Crippen molar-refractivity contribution < 1.29 is 27.1 Å². The average Bonchev–Trinajstić information content (AvgIpc) is 2.66. The minimum Gasteiger partial charge on any atom is -0.462 e. The minimum atomic E-state index is -3.96. The number of carbonyl (C=O) groups excluding carboxylic acids is 2. The zero-order valence-electron chi connectivity index (χ0n) is 16.4. The van der Waals surface area contributed by atoms with Crippen LogP contribution < -0.4 is 9.62 Å². The van der Waals surface area contributed by atoms with Crippen LogP contribution >= 0.6 is 0 Å². The van der Waals surface area contributed by atoms with Crippen molar-refractivity contribution in [3.63, 3.8) is 0 Å². The number of nitrogens with one attached hydrogen (secondary N) is 1. The van der Waals surface area contributed by atoms with E-state index in [1.807, 2.05) is 0 Å². The maximum absolute atomic E-state index is 14.3. The van der Waals surface area contributed by atoms with Gasteiger partial charge in [-0.25, -0.2) is 17.6 Å². The molecule has 0 spiro atoms. The van der Waals surface area contributed by atoms with Gasteiger partial charge in [0.15, 0.2) is 0 Å². The molecular formula is C20H23FN2O5S. The predicted molar refractivity (Wildman–Crippen MR) is 109 cm³/mol. The van der Waals surface area contributed by atoms with E-state index in [2.05, 4.69) is 5.32 Å². The fraction of sp³-hybridized carbons (Fsp3) is 0.300. The predicted octanol–water partition coefficient (Wildman–Crippen LogP) is 3.19. The topological polar surface area (TPSA) is 92.8 Å². The van der Waals surface area contributed by atoms with Crippen LogP contribution in [0.25, 0.3) is 0 Å². The average molecular weight is 422 g/mol. The molecule has 1 atom stereocenters. The highest BCUT2D eigenvalue weighted by Gasteiger charge is 2.33. The molecule has 2 rings (SSSR count). The number of benzene rings is 2. The van der Waals surface area contributed by atoms with Gasteiger partial charge in [-0.05, 0) is 43.7 Å². The Morgan fingerprint density at radius 3 is 2.41 bits per heavy atom. The number of hydrogen-bond acceptors (Lipinski definition) is 5. The summed E-state index contributed by atoms with van der Waals surface area (Å²) >= 11 is 0. The van der Waals surface area contributed by atoms with E-state index in [4.69, 9.17) is 4.74 Å². The number of halogens is 1. The maximum atomic E-state index is 14.3. The third kappa shape index (κ3) is 5.54. The van der Waals surface area contributed by atoms with Gasteiger partial charge in [0.1, 0.15) is 11.9 Å². The molecule has 2 aromatic carbocycles. The first kappa shape index (κ1) is 22.4. The van der Waals surface area contributed by atoms with Crippen LogP contribution in [0, 0.1) is 5.82 Å². The summed E-state index contributed by atoms with van der Waals surface area (Å²) in [5.74, 6) is -1.95. The lowest BCUT2D eigenvalue weighted by atomic mass is 10.1. The summed E-state index contributed by atoms with van der Waals surface area (Å²) in [5.41, 5.74) is 0.324. The van der Waals surface area contributed by atoms with Crippen molar-refractivity contribution >= 4 is 33.3 Å². The molecule has 29 heavy (non-hydrogen) atoms. The van der Waals surface area contributed by atoms with Gasteiger partial charge in [0.25, 0.3) is 0 Å². The summed E-state index contributed by atoms with van der Waals surface area (Å²) in [6.07, 6.45) is 1.02. The van der Waals surface area contributed by atoms with Crippen LogP contribution in [0.3, 0.4) is 0 Å². The first-order valence-electron chi connectivity index (χ1n) is 9.01. The zero-order chi connectivity index (χ0) is 21.6. The number of para-hydroxylation sites is 1. The molecule has 2 aromatic rings. The summed E-state index contributed by atoms with van der Waals surface area (Å²) < 4.78 is 44.7. The fourth-order valence-electron chi connectivity index (χ4n) is 2.83. The number of nitrogens with zero attached hydrogens (tertiary/aromatic N) is 1. The van der Waals surface area contributed by atoms with E-state index < -0.39 is 33.8 Å². The molecule has 0 fully saturated rings. The van der Waals surface area contributed by atoms with E-state index in [-0.39, 0.29) is 24.3 Å². The molecular weight excluding hydrogens is 399 g/mol. The molecule has 0 aromatic heterocycles. The molecule has 0 unspecified atom stereocenters. The van der Waals surface area contributed by atoms with Crippen molar-refractivity contribution in [3.8, 4) is 0 Å². The first-order valence-corrected chi connectivity index (χ1v) is 10.9. The summed E-state index contributed by atoms with van der Waals surface area (Å²) in [6.45, 7) is 3.51. The van der Waals surface area contributed by atoms with E-state index in [0.29, 0.717) is 5.69 Å². The van der Waals surface area contributed by atoms with Crippen LogP contribution in [0.2, 0.25) is 0 Å². The van der Waals surface area contributed by atoms with Crippen molar-refractivity contribution in [2.24, 2.45) is 0 Å². The molecule has 0 aliphatic heterocycles. The maximum Gasteiger partial charge on any atom is 0.338 e. The molecule has 0 heterocycles. The number of hydrogen-bond donors (Lipinski definition) is 1. The standard InChI is InChI=1S/C20H23FN2O5S/c1-4-17(23(29(3,26)27)18-12-7-6-11-16(18)21)19(24)22-15-10-8-9-14(13-15)20(25)28-5-2/h6-13,17H,4-5H2,1-3H3,(H,22,24)/t17-/m1/s1. The zero-order valence-corrected chi connectivity index (χ0v) is 17.2. The molecule has 156 valence electrons. The Hall–Kier alpha value is -2.94. The Labute approximate surface area is 169 Å². The Kier molecular flexibility index (Phi) is 7.33. The van der Waals surface area contributed by atoms with Gasteiger partial charge in [0.2, 0.25) is 15.9 Å². The van der Waals surface area contributed by atoms with Crippen molar-refractivity contribution in [2.45, 2.75) is 26.3 Å². The lowest BCUT2D eigenvalue weighted by molar-refractivity contribution is -0.117. The Bertz CT molecular complexity index is 994. The number of amides is 1. The van der Waals surface area contributed by atoms with E-state index in [9.17, 15) is 22.4 Å². The van der Waals surface area contributed by atoms with Gasteiger partial charge in [0.05, 0.1) is 24.1 Å². The first-order chi connectivity index (χ1) is 13.7. The SMILES string of the molecule is CCOC(=O)c1cccc(NC(=O)[C@@H](CC)N(c2ccccc2F)S(C)(=O)=O)c1. The van der Waals surface area contributed by atoms with Gasteiger partial charge in [-0.2, -0.15) is 0 Å². The molecule has 0 aliphatic rings. The van der Waals surface area contributed by atoms with Crippen LogP contribution in [0.5, 0.6) is 0 Å². The lowest BCUT2D eigenvalue weighted by Gasteiger charge is -2.30. The van der Waals surface area contributed by atoms with Gasteiger partial charge in [0, 0.05) is 5.69 Å². The number of esters is 1. The van der Waals surface area contributed by atoms with Gasteiger partial charge < -0.3 is 10.1 Å². The van der Waals surface area contributed by atoms with E-state index in [0.717, 1.165) is 16.6 Å². The van der Waals surface area contributed by atoms with Gasteiger partial charge in [-0.1, -0.05) is 25.1 Å². The summed E-state index contributed by atoms with van der Waals surface area (Å²) in [4.78, 5) is 24.7. The third-order valence-electron chi connectivity index (χ3n) is 4.06. The number of sulfonamides is 1. The molecule has 1 amide bonds. The second kappa shape index (κ2) is 9.51. The highest BCUT2D eigenvalue weighted by Crippen LogP contribution is 2.26. The van der Waals surface area contributed by atoms with Gasteiger partial charge >= 0.3 is 5.97 Å². The fourth-order valence-corrected chi connectivity index (χ4v) is 4.04. The van der Waals surface area contributed by atoms with Crippen LogP contribution in [0.4, 0.5) is 15.8 Å². The molecule has 7 nitrogen and oxygen atoms in total. The van der Waals surface area contributed by atoms with Crippen LogP contribution in [0.15, 0.2) is 48.5 Å². The largest absolute Gasteiger partial charge is 0.462 e. The van der Waals surface area contributed by atoms with Gasteiger partial charge in [-0.15, -0.1) is 0 Å². The molecule has 0 radical (unpaired) electrons. The lowest BCUT2D eigenvalue weighted by Crippen LogP contribution is -2.47. The van der Waals surface area contributed by atoms with Crippen LogP contribution in [0.1, 0.15) is 30.6 Å². The Morgan fingerprint density at radius 1 is 1.14 bits per heavy atom. The van der Waals surface area contributed by atoms with E-state index in [1.54, 1.807) is 26.0 Å². The summed E-state index contributed by atoms with van der Waals surface area (Å²) in [6, 6.07) is 10.2. The third-order valence-corrected chi connectivity index (χ3v) is 5.23. The van der Waals surface area contributed by atoms with Crippen molar-refractivity contribution in [3.05, 3.63) is 59.9 Å².